The van der Waals surface area contributed by atoms with Crippen molar-refractivity contribution in [1.29, 1.82) is 5.26 Å². The first-order chi connectivity index (χ1) is 9.70. The van der Waals surface area contributed by atoms with E-state index in [1.54, 1.807) is 4.90 Å². The molecular formula is C16H19N3O. The third-order valence-corrected chi connectivity index (χ3v) is 4.11. The van der Waals surface area contributed by atoms with Gasteiger partial charge in [-0.2, -0.15) is 5.26 Å². The lowest BCUT2D eigenvalue weighted by atomic mass is 10.0. The molecule has 1 atom stereocenters. The molecule has 1 saturated carbocycles. The highest BCUT2D eigenvalue weighted by Gasteiger charge is 2.34. The first kappa shape index (κ1) is 13.1. The van der Waals surface area contributed by atoms with Crippen molar-refractivity contribution in [3.8, 4) is 6.07 Å². The van der Waals surface area contributed by atoms with Gasteiger partial charge in [0.05, 0.1) is 17.3 Å². The molecule has 0 spiro atoms. The van der Waals surface area contributed by atoms with Crippen LogP contribution in [0.15, 0.2) is 18.2 Å². The Bertz CT molecular complexity index is 572. The Hall–Kier alpha value is -1.86. The van der Waals surface area contributed by atoms with E-state index in [-0.39, 0.29) is 11.9 Å². The number of benzene rings is 1. The predicted octanol–water partition coefficient (Wildman–Crippen LogP) is 2.11. The van der Waals surface area contributed by atoms with Crippen molar-refractivity contribution in [2.45, 2.75) is 44.7 Å². The number of aryl methyl sites for hydroxylation is 1. The largest absolute Gasteiger partial charge is 0.310 e. The van der Waals surface area contributed by atoms with Crippen molar-refractivity contribution in [3.05, 3.63) is 29.3 Å². The quantitative estimate of drug-likeness (QED) is 0.914. The summed E-state index contributed by atoms with van der Waals surface area (Å²) in [6.45, 7) is 2.62. The van der Waals surface area contributed by atoms with E-state index in [4.69, 9.17) is 0 Å². The van der Waals surface area contributed by atoms with Gasteiger partial charge in [-0.15, -0.1) is 0 Å². The summed E-state index contributed by atoms with van der Waals surface area (Å²) >= 11 is 0. The first-order valence-electron chi connectivity index (χ1n) is 7.28. The van der Waals surface area contributed by atoms with Gasteiger partial charge in [-0.3, -0.25) is 4.79 Å². The minimum atomic E-state index is -0.0803. The van der Waals surface area contributed by atoms with Crippen LogP contribution in [0.25, 0.3) is 0 Å². The minimum Gasteiger partial charge on any atom is -0.310 e. The lowest BCUT2D eigenvalue weighted by Crippen LogP contribution is -2.51. The second kappa shape index (κ2) is 5.26. The van der Waals surface area contributed by atoms with Crippen LogP contribution < -0.4 is 10.2 Å². The number of anilines is 1. The number of hydrogen-bond acceptors (Lipinski definition) is 3. The summed E-state index contributed by atoms with van der Waals surface area (Å²) in [6.07, 6.45) is 4.24. The standard InChI is InChI=1S/C16H19N3O/c1-11-4-2-6-15(13(11)10-17)19-9-3-5-14(16(19)20)18-12-7-8-12/h2,4,6,12,14,18H,3,5,7-9H2,1H3. The fourth-order valence-electron chi connectivity index (χ4n) is 2.83. The average molecular weight is 269 g/mol. The lowest BCUT2D eigenvalue weighted by Gasteiger charge is -2.33. The maximum atomic E-state index is 12.6. The van der Waals surface area contributed by atoms with Gasteiger partial charge in [0.1, 0.15) is 6.07 Å². The van der Waals surface area contributed by atoms with Gasteiger partial charge in [0.2, 0.25) is 5.91 Å². The maximum Gasteiger partial charge on any atom is 0.244 e. The van der Waals surface area contributed by atoms with Gasteiger partial charge >= 0.3 is 0 Å². The summed E-state index contributed by atoms with van der Waals surface area (Å²) in [7, 11) is 0. The maximum absolute atomic E-state index is 12.6. The molecule has 4 nitrogen and oxygen atoms in total. The Kier molecular flexibility index (Phi) is 3.45. The van der Waals surface area contributed by atoms with Crippen LogP contribution >= 0.6 is 0 Å². The third kappa shape index (κ3) is 2.41. The molecule has 1 aromatic rings. The summed E-state index contributed by atoms with van der Waals surface area (Å²) in [5, 5.41) is 12.8. The normalized spacial score (nSPS) is 22.7. The Labute approximate surface area is 119 Å². The molecule has 0 bridgehead atoms. The van der Waals surface area contributed by atoms with E-state index in [0.29, 0.717) is 18.2 Å². The molecule has 1 aromatic carbocycles. The van der Waals surface area contributed by atoms with Crippen LogP contribution in [0.2, 0.25) is 0 Å². The van der Waals surface area contributed by atoms with E-state index >= 15 is 0 Å². The fourth-order valence-corrected chi connectivity index (χ4v) is 2.83. The van der Waals surface area contributed by atoms with Crippen molar-refractivity contribution < 1.29 is 4.79 Å². The molecule has 1 amide bonds. The molecule has 1 saturated heterocycles. The van der Waals surface area contributed by atoms with Gasteiger partial charge in [0.15, 0.2) is 0 Å². The number of nitrogens with one attached hydrogen (secondary N) is 1. The van der Waals surface area contributed by atoms with Crippen LogP contribution in [-0.2, 0) is 4.79 Å². The van der Waals surface area contributed by atoms with Gasteiger partial charge in [0, 0.05) is 12.6 Å². The van der Waals surface area contributed by atoms with E-state index < -0.39 is 0 Å². The van der Waals surface area contributed by atoms with Crippen LogP contribution in [0.5, 0.6) is 0 Å². The second-order valence-corrected chi connectivity index (χ2v) is 5.71. The summed E-state index contributed by atoms with van der Waals surface area (Å²) < 4.78 is 0. The van der Waals surface area contributed by atoms with Crippen molar-refractivity contribution in [2.75, 3.05) is 11.4 Å². The smallest absolute Gasteiger partial charge is 0.244 e. The third-order valence-electron chi connectivity index (χ3n) is 4.11. The predicted molar refractivity (Wildman–Crippen MR) is 77.4 cm³/mol. The first-order valence-corrected chi connectivity index (χ1v) is 7.28. The highest BCUT2D eigenvalue weighted by Crippen LogP contribution is 2.28. The molecule has 1 unspecified atom stereocenters. The lowest BCUT2D eigenvalue weighted by molar-refractivity contribution is -0.121. The van der Waals surface area contributed by atoms with Crippen molar-refractivity contribution in [1.82, 2.24) is 5.32 Å². The number of nitrogens with zero attached hydrogens (tertiary/aromatic N) is 2. The molecule has 2 aliphatic rings. The van der Waals surface area contributed by atoms with Crippen LogP contribution in [0, 0.1) is 18.3 Å². The minimum absolute atomic E-state index is 0.0803. The number of amides is 1. The summed E-state index contributed by atoms with van der Waals surface area (Å²) in [5.41, 5.74) is 2.31. The molecule has 1 N–H and O–H groups in total. The average Bonchev–Trinajstić information content (AvgIpc) is 3.25. The monoisotopic (exact) mass is 269 g/mol. The Morgan fingerprint density at radius 2 is 2.15 bits per heavy atom. The number of piperidine rings is 1. The molecule has 2 fully saturated rings. The summed E-state index contributed by atoms with van der Waals surface area (Å²) in [4.78, 5) is 14.4. The molecule has 4 heteroatoms. The van der Waals surface area contributed by atoms with Gasteiger partial charge in [0.25, 0.3) is 0 Å². The van der Waals surface area contributed by atoms with Gasteiger partial charge in [-0.25, -0.2) is 0 Å². The number of rotatable bonds is 3. The summed E-state index contributed by atoms with van der Waals surface area (Å²) in [6, 6.07) is 8.38. The van der Waals surface area contributed by atoms with Gasteiger partial charge < -0.3 is 10.2 Å². The topological polar surface area (TPSA) is 56.1 Å². The van der Waals surface area contributed by atoms with Crippen LogP contribution in [0.3, 0.4) is 0 Å². The molecule has 1 heterocycles. The second-order valence-electron chi connectivity index (χ2n) is 5.71. The molecule has 0 radical (unpaired) electrons. The molecule has 20 heavy (non-hydrogen) atoms. The van der Waals surface area contributed by atoms with Crippen molar-refractivity contribution in [3.63, 3.8) is 0 Å². The van der Waals surface area contributed by atoms with E-state index in [1.165, 1.54) is 12.8 Å². The van der Waals surface area contributed by atoms with E-state index in [2.05, 4.69) is 11.4 Å². The zero-order valence-electron chi connectivity index (χ0n) is 11.7. The number of carbonyl (C=O) groups is 1. The molecule has 1 aliphatic carbocycles. The van der Waals surface area contributed by atoms with Crippen LogP contribution in [0.1, 0.15) is 36.8 Å². The van der Waals surface area contributed by atoms with E-state index in [0.717, 1.165) is 24.1 Å². The molecule has 1 aliphatic heterocycles. The Morgan fingerprint density at radius 3 is 2.85 bits per heavy atom. The highest BCUT2D eigenvalue weighted by molar-refractivity contribution is 5.99. The number of nitriles is 1. The van der Waals surface area contributed by atoms with E-state index in [9.17, 15) is 10.1 Å². The fraction of sp³-hybridized carbons (Fsp3) is 0.500. The van der Waals surface area contributed by atoms with E-state index in [1.807, 2.05) is 25.1 Å². The Balaban J connectivity index is 1.87. The van der Waals surface area contributed by atoms with Crippen LogP contribution in [-0.4, -0.2) is 24.5 Å². The number of hydrogen-bond donors (Lipinski definition) is 1. The highest BCUT2D eigenvalue weighted by atomic mass is 16.2. The molecule has 104 valence electrons. The SMILES string of the molecule is Cc1cccc(N2CCCC(NC3CC3)C2=O)c1C#N. The van der Waals surface area contributed by atoms with Crippen molar-refractivity contribution >= 4 is 11.6 Å². The summed E-state index contributed by atoms with van der Waals surface area (Å²) in [5.74, 6) is 0.116. The van der Waals surface area contributed by atoms with Crippen LogP contribution in [0.4, 0.5) is 5.69 Å². The molecule has 0 aromatic heterocycles. The van der Waals surface area contributed by atoms with Gasteiger partial charge in [-0.05, 0) is 44.2 Å². The zero-order valence-corrected chi connectivity index (χ0v) is 11.7. The zero-order chi connectivity index (χ0) is 14.1. The molecule has 3 rings (SSSR count). The van der Waals surface area contributed by atoms with Gasteiger partial charge in [-0.1, -0.05) is 12.1 Å². The molecular weight excluding hydrogens is 250 g/mol. The Morgan fingerprint density at radius 1 is 1.35 bits per heavy atom. The number of carbonyl (C=O) groups excluding carboxylic acids is 1. The van der Waals surface area contributed by atoms with Crippen molar-refractivity contribution in [2.24, 2.45) is 0 Å².